The second-order valence-corrected chi connectivity index (χ2v) is 5.21. The summed E-state index contributed by atoms with van der Waals surface area (Å²) < 4.78 is 0. The predicted octanol–water partition coefficient (Wildman–Crippen LogP) is 2.85. The molecular weight excluding hydrogens is 222 g/mol. The summed E-state index contributed by atoms with van der Waals surface area (Å²) in [6.07, 6.45) is 4.84. The zero-order chi connectivity index (χ0) is 12.4. The number of hydrogen-bond acceptors (Lipinski definition) is 2. The molecule has 3 nitrogen and oxygen atoms in total. The van der Waals surface area contributed by atoms with E-state index in [9.17, 15) is 0 Å². The molecule has 1 aliphatic carbocycles. The van der Waals surface area contributed by atoms with Crippen molar-refractivity contribution >= 4 is 0 Å². The van der Waals surface area contributed by atoms with Crippen molar-refractivity contribution in [2.75, 3.05) is 6.54 Å². The van der Waals surface area contributed by atoms with E-state index in [0.29, 0.717) is 0 Å². The monoisotopic (exact) mass is 241 g/mol. The third-order valence-electron chi connectivity index (χ3n) is 4.15. The topological polar surface area (TPSA) is 54.7 Å². The maximum absolute atomic E-state index is 5.75. The summed E-state index contributed by atoms with van der Waals surface area (Å²) in [6.45, 7) is 0.750. The van der Waals surface area contributed by atoms with Gasteiger partial charge in [0.25, 0.3) is 0 Å². The third kappa shape index (κ3) is 1.85. The van der Waals surface area contributed by atoms with Crippen LogP contribution in [-0.2, 0) is 5.41 Å². The largest absolute Gasteiger partial charge is 0.330 e. The molecule has 0 spiro atoms. The minimum Gasteiger partial charge on any atom is -0.330 e. The van der Waals surface area contributed by atoms with Gasteiger partial charge in [-0.2, -0.15) is 5.10 Å². The maximum Gasteiger partial charge on any atom is 0.0923 e. The first-order valence-corrected chi connectivity index (χ1v) is 6.65. The van der Waals surface area contributed by atoms with Crippen LogP contribution in [0.5, 0.6) is 0 Å². The van der Waals surface area contributed by atoms with E-state index in [1.165, 1.54) is 30.5 Å². The van der Waals surface area contributed by atoms with Gasteiger partial charge in [-0.1, -0.05) is 36.8 Å². The molecule has 3 N–H and O–H groups in total. The molecule has 2 aromatic rings. The number of hydrogen-bond donors (Lipinski definition) is 2. The second-order valence-electron chi connectivity index (χ2n) is 5.21. The number of nitrogens with two attached hydrogens (primary N) is 1. The third-order valence-corrected chi connectivity index (χ3v) is 4.15. The van der Waals surface area contributed by atoms with Gasteiger partial charge >= 0.3 is 0 Å². The lowest BCUT2D eigenvalue weighted by atomic mass is 9.64. The van der Waals surface area contributed by atoms with Crippen molar-refractivity contribution in [2.45, 2.75) is 31.1 Å². The van der Waals surface area contributed by atoms with Crippen LogP contribution in [0.3, 0.4) is 0 Å². The van der Waals surface area contributed by atoms with Gasteiger partial charge in [0.05, 0.1) is 5.69 Å². The highest BCUT2D eigenvalue weighted by molar-refractivity contribution is 5.59. The van der Waals surface area contributed by atoms with E-state index in [-0.39, 0.29) is 5.41 Å². The minimum absolute atomic E-state index is 0.273. The van der Waals surface area contributed by atoms with Gasteiger partial charge < -0.3 is 5.73 Å². The van der Waals surface area contributed by atoms with E-state index in [2.05, 4.69) is 28.4 Å². The summed E-state index contributed by atoms with van der Waals surface area (Å²) in [7, 11) is 0. The normalized spacial score (nSPS) is 17.4. The Hall–Kier alpha value is -1.61. The number of nitrogens with one attached hydrogen (secondary N) is 1. The Morgan fingerprint density at radius 1 is 1.22 bits per heavy atom. The van der Waals surface area contributed by atoms with Crippen molar-refractivity contribution in [2.24, 2.45) is 5.73 Å². The Balaban J connectivity index is 1.90. The Kier molecular flexibility index (Phi) is 2.92. The molecule has 1 saturated carbocycles. The fourth-order valence-corrected chi connectivity index (χ4v) is 2.88. The van der Waals surface area contributed by atoms with E-state index >= 15 is 0 Å². The molecule has 18 heavy (non-hydrogen) atoms. The van der Waals surface area contributed by atoms with Gasteiger partial charge in [-0.15, -0.1) is 0 Å². The van der Waals surface area contributed by atoms with Crippen LogP contribution in [0.4, 0.5) is 0 Å². The summed E-state index contributed by atoms with van der Waals surface area (Å²) in [5, 5.41) is 7.68. The average molecular weight is 241 g/mol. The van der Waals surface area contributed by atoms with Crippen LogP contribution in [0.15, 0.2) is 36.4 Å². The summed E-state index contributed by atoms with van der Waals surface area (Å²) in [6, 6.07) is 12.5. The zero-order valence-corrected chi connectivity index (χ0v) is 10.5. The van der Waals surface area contributed by atoms with E-state index in [1.54, 1.807) is 0 Å². The number of benzene rings is 1. The van der Waals surface area contributed by atoms with Gasteiger partial charge in [-0.25, -0.2) is 0 Å². The number of aromatic nitrogens is 2. The van der Waals surface area contributed by atoms with Crippen molar-refractivity contribution in [1.29, 1.82) is 0 Å². The van der Waals surface area contributed by atoms with Crippen LogP contribution in [0.25, 0.3) is 11.3 Å². The Labute approximate surface area is 107 Å². The van der Waals surface area contributed by atoms with Gasteiger partial charge in [0.1, 0.15) is 0 Å². The van der Waals surface area contributed by atoms with Gasteiger partial charge in [-0.05, 0) is 31.9 Å². The predicted molar refractivity (Wildman–Crippen MR) is 73.2 cm³/mol. The van der Waals surface area contributed by atoms with Crippen LogP contribution in [0.2, 0.25) is 0 Å². The quantitative estimate of drug-likeness (QED) is 0.864. The highest BCUT2D eigenvalue weighted by Crippen LogP contribution is 2.45. The van der Waals surface area contributed by atoms with E-state index < -0.39 is 0 Å². The Morgan fingerprint density at radius 2 is 2.00 bits per heavy atom. The summed E-state index contributed by atoms with van der Waals surface area (Å²) >= 11 is 0. The lowest BCUT2D eigenvalue weighted by Crippen LogP contribution is -2.36. The molecule has 1 heterocycles. The minimum atomic E-state index is 0.273. The van der Waals surface area contributed by atoms with E-state index in [1.807, 2.05) is 18.2 Å². The van der Waals surface area contributed by atoms with Crippen molar-refractivity contribution in [3.63, 3.8) is 0 Å². The van der Waals surface area contributed by atoms with Crippen molar-refractivity contribution in [3.05, 3.63) is 42.1 Å². The molecule has 0 radical (unpaired) electrons. The molecule has 1 aliphatic rings. The van der Waals surface area contributed by atoms with E-state index in [0.717, 1.165) is 18.7 Å². The SMILES string of the molecule is NCCC1(c2cc(-c3ccccc3)n[nH]2)CCC1. The Bertz CT molecular complexity index is 512. The lowest BCUT2D eigenvalue weighted by molar-refractivity contribution is 0.222. The van der Waals surface area contributed by atoms with Crippen LogP contribution < -0.4 is 5.73 Å². The number of H-pyrrole nitrogens is 1. The molecule has 3 heteroatoms. The average Bonchev–Trinajstić information content (AvgIpc) is 2.84. The number of nitrogens with zero attached hydrogens (tertiary/aromatic N) is 1. The Morgan fingerprint density at radius 3 is 2.61 bits per heavy atom. The van der Waals surface area contributed by atoms with Crippen LogP contribution >= 0.6 is 0 Å². The molecule has 1 fully saturated rings. The molecular formula is C15H19N3. The van der Waals surface area contributed by atoms with Crippen LogP contribution in [0, 0.1) is 0 Å². The highest BCUT2D eigenvalue weighted by atomic mass is 15.1. The molecule has 3 rings (SSSR count). The molecule has 0 saturated heterocycles. The maximum atomic E-state index is 5.75. The van der Waals surface area contributed by atoms with Gasteiger partial charge in [0, 0.05) is 16.7 Å². The molecule has 0 bridgehead atoms. The van der Waals surface area contributed by atoms with Crippen molar-refractivity contribution < 1.29 is 0 Å². The first-order valence-electron chi connectivity index (χ1n) is 6.65. The lowest BCUT2D eigenvalue weighted by Gasteiger charge is -2.40. The standard InChI is InChI=1S/C15H19N3/c16-10-9-15(7-4-8-15)14-11-13(17-18-14)12-5-2-1-3-6-12/h1-3,5-6,11H,4,7-10,16H2,(H,17,18). The summed E-state index contributed by atoms with van der Waals surface area (Å²) in [5.41, 5.74) is 9.48. The molecule has 94 valence electrons. The first kappa shape index (κ1) is 11.5. The smallest absolute Gasteiger partial charge is 0.0923 e. The fraction of sp³-hybridized carbons (Fsp3) is 0.400. The molecule has 0 unspecified atom stereocenters. The van der Waals surface area contributed by atoms with Gasteiger partial charge in [0.2, 0.25) is 0 Å². The molecule has 1 aromatic heterocycles. The van der Waals surface area contributed by atoms with Crippen LogP contribution in [0.1, 0.15) is 31.4 Å². The summed E-state index contributed by atoms with van der Waals surface area (Å²) in [5.74, 6) is 0. The van der Waals surface area contributed by atoms with Crippen molar-refractivity contribution in [1.82, 2.24) is 10.2 Å². The first-order chi connectivity index (χ1) is 8.84. The number of aromatic amines is 1. The second kappa shape index (κ2) is 4.58. The summed E-state index contributed by atoms with van der Waals surface area (Å²) in [4.78, 5) is 0. The molecule has 0 atom stereocenters. The molecule has 0 amide bonds. The van der Waals surface area contributed by atoms with Crippen LogP contribution in [-0.4, -0.2) is 16.7 Å². The zero-order valence-electron chi connectivity index (χ0n) is 10.5. The molecule has 1 aromatic carbocycles. The van der Waals surface area contributed by atoms with Gasteiger partial charge in [0.15, 0.2) is 0 Å². The fourth-order valence-electron chi connectivity index (χ4n) is 2.88. The number of rotatable bonds is 4. The van der Waals surface area contributed by atoms with Crippen molar-refractivity contribution in [3.8, 4) is 11.3 Å². The van der Waals surface area contributed by atoms with Gasteiger partial charge in [-0.3, -0.25) is 5.10 Å². The highest BCUT2D eigenvalue weighted by Gasteiger charge is 2.39. The molecule has 0 aliphatic heterocycles. The van der Waals surface area contributed by atoms with E-state index in [4.69, 9.17) is 5.73 Å².